The topological polar surface area (TPSA) is 66.5 Å². The van der Waals surface area contributed by atoms with Crippen LogP contribution in [0.2, 0.25) is 0 Å². The van der Waals surface area contributed by atoms with Gasteiger partial charge in [-0.05, 0) is 19.4 Å². The Morgan fingerprint density at radius 3 is 2.76 bits per heavy atom. The summed E-state index contributed by atoms with van der Waals surface area (Å²) in [5.41, 5.74) is -0.985. The number of hydrogen-bond acceptors (Lipinski definition) is 4. The van der Waals surface area contributed by atoms with Crippen molar-refractivity contribution in [3.63, 3.8) is 0 Å². The summed E-state index contributed by atoms with van der Waals surface area (Å²) in [6, 6.07) is 0.327. The molecule has 0 aliphatic rings. The standard InChI is InChI=1S/C16H15F4N5/c1-3-8(2)24-15-12(17)4-11(16(18,19)20)13(25-15)9-6-22-14-10(9)5-21-7-23-14/h4-8H,3H2,1-2H3,(H,24,25)(H,21,22,23). The number of aromatic amines is 1. The number of H-pyrrole nitrogens is 1. The zero-order valence-electron chi connectivity index (χ0n) is 13.4. The highest BCUT2D eigenvalue weighted by molar-refractivity contribution is 5.93. The van der Waals surface area contributed by atoms with E-state index in [0.717, 1.165) is 0 Å². The molecular formula is C16H15F4N5. The van der Waals surface area contributed by atoms with Crippen LogP contribution in [0, 0.1) is 5.82 Å². The molecule has 9 heteroatoms. The van der Waals surface area contributed by atoms with E-state index in [0.29, 0.717) is 23.5 Å². The second-order valence-electron chi connectivity index (χ2n) is 5.65. The molecule has 0 bridgehead atoms. The Morgan fingerprint density at radius 2 is 2.08 bits per heavy atom. The third-order valence-electron chi connectivity index (χ3n) is 3.89. The van der Waals surface area contributed by atoms with Crippen LogP contribution in [-0.4, -0.2) is 26.0 Å². The van der Waals surface area contributed by atoms with Crippen molar-refractivity contribution in [2.75, 3.05) is 5.32 Å². The second-order valence-corrected chi connectivity index (χ2v) is 5.65. The lowest BCUT2D eigenvalue weighted by Crippen LogP contribution is -2.18. The average Bonchev–Trinajstić information content (AvgIpc) is 2.99. The van der Waals surface area contributed by atoms with E-state index in [2.05, 4.69) is 25.3 Å². The van der Waals surface area contributed by atoms with Crippen LogP contribution in [0.3, 0.4) is 0 Å². The largest absolute Gasteiger partial charge is 0.418 e. The van der Waals surface area contributed by atoms with E-state index in [9.17, 15) is 17.6 Å². The monoisotopic (exact) mass is 353 g/mol. The number of pyridine rings is 1. The van der Waals surface area contributed by atoms with Crippen molar-refractivity contribution in [2.45, 2.75) is 32.5 Å². The summed E-state index contributed by atoms with van der Waals surface area (Å²) in [5.74, 6) is -1.27. The summed E-state index contributed by atoms with van der Waals surface area (Å²) in [6.45, 7) is 3.66. The number of nitrogens with one attached hydrogen (secondary N) is 2. The highest BCUT2D eigenvalue weighted by atomic mass is 19.4. The predicted octanol–water partition coefficient (Wildman–Crippen LogP) is 4.39. The van der Waals surface area contributed by atoms with Crippen LogP contribution in [0.15, 0.2) is 24.8 Å². The van der Waals surface area contributed by atoms with Gasteiger partial charge in [0.1, 0.15) is 12.0 Å². The molecule has 1 unspecified atom stereocenters. The first-order valence-electron chi connectivity index (χ1n) is 7.63. The number of nitrogens with zero attached hydrogens (tertiary/aromatic N) is 3. The molecule has 0 spiro atoms. The lowest BCUT2D eigenvalue weighted by molar-refractivity contribution is -0.137. The van der Waals surface area contributed by atoms with Gasteiger partial charge in [-0.1, -0.05) is 6.92 Å². The minimum atomic E-state index is -4.75. The Kier molecular flexibility index (Phi) is 4.32. The van der Waals surface area contributed by atoms with Gasteiger partial charge in [-0.2, -0.15) is 13.2 Å². The summed E-state index contributed by atoms with van der Waals surface area (Å²) in [7, 11) is 0. The molecule has 0 aromatic carbocycles. The van der Waals surface area contributed by atoms with Gasteiger partial charge in [-0.25, -0.2) is 19.3 Å². The van der Waals surface area contributed by atoms with Crippen molar-refractivity contribution in [3.8, 4) is 11.3 Å². The number of halogens is 4. The van der Waals surface area contributed by atoms with Crippen molar-refractivity contribution in [2.24, 2.45) is 0 Å². The van der Waals surface area contributed by atoms with Gasteiger partial charge in [0.15, 0.2) is 11.6 Å². The fourth-order valence-electron chi connectivity index (χ4n) is 2.40. The lowest BCUT2D eigenvalue weighted by Gasteiger charge is -2.17. The van der Waals surface area contributed by atoms with E-state index in [1.165, 1.54) is 18.7 Å². The van der Waals surface area contributed by atoms with E-state index in [1.807, 2.05) is 6.92 Å². The molecule has 132 valence electrons. The summed E-state index contributed by atoms with van der Waals surface area (Å²) in [4.78, 5) is 14.5. The van der Waals surface area contributed by atoms with Crippen molar-refractivity contribution in [1.82, 2.24) is 19.9 Å². The van der Waals surface area contributed by atoms with Crippen LogP contribution >= 0.6 is 0 Å². The smallest absolute Gasteiger partial charge is 0.365 e. The number of aromatic nitrogens is 4. The predicted molar refractivity (Wildman–Crippen MR) is 85.5 cm³/mol. The second kappa shape index (κ2) is 6.30. The van der Waals surface area contributed by atoms with Crippen LogP contribution in [-0.2, 0) is 6.18 Å². The van der Waals surface area contributed by atoms with Crippen molar-refractivity contribution >= 4 is 16.9 Å². The minimum Gasteiger partial charge on any atom is -0.365 e. The zero-order chi connectivity index (χ0) is 18.2. The van der Waals surface area contributed by atoms with Crippen molar-refractivity contribution in [1.29, 1.82) is 0 Å². The van der Waals surface area contributed by atoms with Gasteiger partial charge in [-0.3, -0.25) is 0 Å². The van der Waals surface area contributed by atoms with Gasteiger partial charge < -0.3 is 10.3 Å². The first-order chi connectivity index (χ1) is 11.8. The molecule has 1 atom stereocenters. The summed E-state index contributed by atoms with van der Waals surface area (Å²) >= 11 is 0. The molecule has 0 saturated carbocycles. The normalized spacial score (nSPS) is 13.2. The molecule has 0 radical (unpaired) electrons. The van der Waals surface area contributed by atoms with E-state index in [4.69, 9.17) is 0 Å². The first-order valence-corrected chi connectivity index (χ1v) is 7.63. The maximum absolute atomic E-state index is 14.2. The maximum Gasteiger partial charge on any atom is 0.418 e. The number of alkyl halides is 3. The van der Waals surface area contributed by atoms with E-state index < -0.39 is 17.6 Å². The Morgan fingerprint density at radius 1 is 1.32 bits per heavy atom. The Bertz CT molecular complexity index is 903. The average molecular weight is 353 g/mol. The molecule has 3 aromatic heterocycles. The maximum atomic E-state index is 14.2. The molecular weight excluding hydrogens is 338 g/mol. The molecule has 0 aliphatic carbocycles. The summed E-state index contributed by atoms with van der Waals surface area (Å²) in [5, 5.41) is 3.17. The quantitative estimate of drug-likeness (QED) is 0.683. The fraction of sp³-hybridized carbons (Fsp3) is 0.312. The number of anilines is 1. The van der Waals surface area contributed by atoms with E-state index >= 15 is 0 Å². The molecule has 3 rings (SSSR count). The highest BCUT2D eigenvalue weighted by Crippen LogP contribution is 2.39. The van der Waals surface area contributed by atoms with Crippen LogP contribution in [0.5, 0.6) is 0 Å². The molecule has 3 heterocycles. The van der Waals surface area contributed by atoms with Crippen LogP contribution in [0.25, 0.3) is 22.3 Å². The van der Waals surface area contributed by atoms with Gasteiger partial charge in [0.25, 0.3) is 0 Å². The third kappa shape index (κ3) is 3.26. The fourth-order valence-corrected chi connectivity index (χ4v) is 2.40. The van der Waals surface area contributed by atoms with Gasteiger partial charge >= 0.3 is 6.18 Å². The van der Waals surface area contributed by atoms with E-state index in [-0.39, 0.29) is 23.1 Å². The molecule has 3 aromatic rings. The Labute approximate surface area is 140 Å². The Balaban J connectivity index is 2.23. The molecule has 5 nitrogen and oxygen atoms in total. The number of rotatable bonds is 4. The molecule has 25 heavy (non-hydrogen) atoms. The van der Waals surface area contributed by atoms with Crippen molar-refractivity contribution < 1.29 is 17.6 Å². The molecule has 0 amide bonds. The minimum absolute atomic E-state index is 0.141. The first kappa shape index (κ1) is 17.1. The number of hydrogen-bond donors (Lipinski definition) is 2. The lowest BCUT2D eigenvalue weighted by atomic mass is 10.1. The molecule has 0 aliphatic heterocycles. The van der Waals surface area contributed by atoms with Gasteiger partial charge in [-0.15, -0.1) is 0 Å². The van der Waals surface area contributed by atoms with E-state index in [1.54, 1.807) is 6.92 Å². The zero-order valence-corrected chi connectivity index (χ0v) is 13.4. The number of fused-ring (bicyclic) bond motifs is 1. The van der Waals surface area contributed by atoms with Gasteiger partial charge in [0, 0.05) is 29.4 Å². The summed E-state index contributed by atoms with van der Waals surface area (Å²) < 4.78 is 54.4. The van der Waals surface area contributed by atoms with Crippen LogP contribution < -0.4 is 5.32 Å². The summed E-state index contributed by atoms with van der Waals surface area (Å²) in [6.07, 6.45) is -0.0556. The van der Waals surface area contributed by atoms with Crippen molar-refractivity contribution in [3.05, 3.63) is 36.2 Å². The SMILES string of the molecule is CCC(C)Nc1nc(-c2c[nH]c3ncncc23)c(C(F)(F)F)cc1F. The molecule has 2 N–H and O–H groups in total. The third-order valence-corrected chi connectivity index (χ3v) is 3.89. The Hall–Kier alpha value is -2.71. The highest BCUT2D eigenvalue weighted by Gasteiger charge is 2.36. The van der Waals surface area contributed by atoms with Gasteiger partial charge in [0.2, 0.25) is 0 Å². The molecule has 0 fully saturated rings. The molecule has 0 saturated heterocycles. The van der Waals surface area contributed by atoms with Gasteiger partial charge in [0.05, 0.1) is 11.3 Å². The van der Waals surface area contributed by atoms with Crippen LogP contribution in [0.4, 0.5) is 23.4 Å². The van der Waals surface area contributed by atoms with Crippen LogP contribution in [0.1, 0.15) is 25.8 Å².